The minimum Gasteiger partial charge on any atom is -0.393 e. The molecule has 0 radical (unpaired) electrons. The van der Waals surface area contributed by atoms with E-state index in [0.717, 1.165) is 42.1 Å². The van der Waals surface area contributed by atoms with Gasteiger partial charge in [-0.2, -0.15) is 0 Å². The second kappa shape index (κ2) is 7.62. The van der Waals surface area contributed by atoms with Crippen molar-refractivity contribution < 1.29 is 9.90 Å². The van der Waals surface area contributed by atoms with Crippen LogP contribution in [-0.2, 0) is 6.54 Å². The van der Waals surface area contributed by atoms with Crippen LogP contribution in [0, 0.1) is 5.92 Å². The van der Waals surface area contributed by atoms with Crippen LogP contribution in [-0.4, -0.2) is 40.7 Å². The Labute approximate surface area is 142 Å². The number of aromatic nitrogens is 1. The molecule has 0 saturated heterocycles. The molecule has 2 amide bonds. The van der Waals surface area contributed by atoms with E-state index >= 15 is 0 Å². The van der Waals surface area contributed by atoms with Gasteiger partial charge in [0, 0.05) is 37.6 Å². The maximum absolute atomic E-state index is 12.4. The van der Waals surface area contributed by atoms with Crippen LogP contribution in [0.25, 0.3) is 10.9 Å². The second-order valence-electron chi connectivity index (χ2n) is 6.64. The molecule has 1 aromatic carbocycles. The molecular weight excluding hydrogens is 302 g/mol. The van der Waals surface area contributed by atoms with E-state index in [4.69, 9.17) is 0 Å². The van der Waals surface area contributed by atoms with Crippen molar-refractivity contribution in [2.75, 3.05) is 13.6 Å². The number of amides is 2. The van der Waals surface area contributed by atoms with Crippen molar-refractivity contribution in [3.05, 3.63) is 42.1 Å². The molecule has 0 spiro atoms. The van der Waals surface area contributed by atoms with Crippen molar-refractivity contribution in [2.24, 2.45) is 5.92 Å². The predicted octanol–water partition coefficient (Wildman–Crippen LogP) is 2.93. The molecule has 24 heavy (non-hydrogen) atoms. The molecule has 1 aliphatic rings. The van der Waals surface area contributed by atoms with Crippen molar-refractivity contribution in [2.45, 2.75) is 38.3 Å². The SMILES string of the molecule is CN(C[C@@H]1CCCC[C@@H]1O)C(=O)NCc1ccnc2ccccc12. The van der Waals surface area contributed by atoms with Crippen LogP contribution in [0.2, 0.25) is 0 Å². The molecule has 5 nitrogen and oxygen atoms in total. The molecule has 5 heteroatoms. The fourth-order valence-corrected chi connectivity index (χ4v) is 3.45. The summed E-state index contributed by atoms with van der Waals surface area (Å²) in [5.41, 5.74) is 1.99. The van der Waals surface area contributed by atoms with E-state index in [0.29, 0.717) is 13.1 Å². The first-order chi connectivity index (χ1) is 11.6. The summed E-state index contributed by atoms with van der Waals surface area (Å²) in [6, 6.07) is 9.76. The Morgan fingerprint density at radius 3 is 2.92 bits per heavy atom. The van der Waals surface area contributed by atoms with E-state index in [9.17, 15) is 9.90 Å². The van der Waals surface area contributed by atoms with Crippen LogP contribution >= 0.6 is 0 Å². The lowest BCUT2D eigenvalue weighted by atomic mass is 9.86. The maximum Gasteiger partial charge on any atom is 0.317 e. The lowest BCUT2D eigenvalue weighted by Gasteiger charge is -2.31. The van der Waals surface area contributed by atoms with Crippen LogP contribution in [0.4, 0.5) is 4.79 Å². The first-order valence-corrected chi connectivity index (χ1v) is 8.65. The van der Waals surface area contributed by atoms with E-state index in [1.165, 1.54) is 0 Å². The van der Waals surface area contributed by atoms with Gasteiger partial charge < -0.3 is 15.3 Å². The number of carbonyl (C=O) groups excluding carboxylic acids is 1. The van der Waals surface area contributed by atoms with Crippen molar-refractivity contribution in [3.63, 3.8) is 0 Å². The monoisotopic (exact) mass is 327 g/mol. The Bertz CT molecular complexity index is 699. The quantitative estimate of drug-likeness (QED) is 0.907. The second-order valence-corrected chi connectivity index (χ2v) is 6.64. The summed E-state index contributed by atoms with van der Waals surface area (Å²) in [5, 5.41) is 14.1. The summed E-state index contributed by atoms with van der Waals surface area (Å²) in [5.74, 6) is 0.191. The van der Waals surface area contributed by atoms with Gasteiger partial charge >= 0.3 is 6.03 Å². The van der Waals surface area contributed by atoms with Crippen LogP contribution in [0.3, 0.4) is 0 Å². The summed E-state index contributed by atoms with van der Waals surface area (Å²) >= 11 is 0. The van der Waals surface area contributed by atoms with Crippen molar-refractivity contribution in [1.82, 2.24) is 15.2 Å². The topological polar surface area (TPSA) is 65.5 Å². The highest BCUT2D eigenvalue weighted by atomic mass is 16.3. The normalized spacial score (nSPS) is 20.8. The number of hydrogen-bond donors (Lipinski definition) is 2. The summed E-state index contributed by atoms with van der Waals surface area (Å²) in [6.45, 7) is 1.07. The smallest absolute Gasteiger partial charge is 0.317 e. The van der Waals surface area contributed by atoms with Gasteiger partial charge in [-0.15, -0.1) is 0 Å². The van der Waals surface area contributed by atoms with Crippen molar-refractivity contribution >= 4 is 16.9 Å². The van der Waals surface area contributed by atoms with Crippen molar-refractivity contribution in [1.29, 1.82) is 0 Å². The van der Waals surface area contributed by atoms with E-state index < -0.39 is 0 Å². The number of urea groups is 1. The zero-order chi connectivity index (χ0) is 16.9. The van der Waals surface area contributed by atoms with Crippen LogP contribution in [0.15, 0.2) is 36.5 Å². The van der Waals surface area contributed by atoms with E-state index in [1.54, 1.807) is 18.1 Å². The van der Waals surface area contributed by atoms with E-state index in [-0.39, 0.29) is 18.1 Å². The highest BCUT2D eigenvalue weighted by Gasteiger charge is 2.25. The Morgan fingerprint density at radius 2 is 2.08 bits per heavy atom. The summed E-state index contributed by atoms with van der Waals surface area (Å²) in [6.07, 6.45) is 5.56. The Hall–Kier alpha value is -2.14. The zero-order valence-electron chi connectivity index (χ0n) is 14.1. The molecule has 128 valence electrons. The number of carbonyl (C=O) groups is 1. The van der Waals surface area contributed by atoms with Crippen LogP contribution in [0.5, 0.6) is 0 Å². The average Bonchev–Trinajstić information content (AvgIpc) is 2.61. The summed E-state index contributed by atoms with van der Waals surface area (Å²) in [7, 11) is 1.79. The number of hydrogen-bond acceptors (Lipinski definition) is 3. The van der Waals surface area contributed by atoms with E-state index in [1.807, 2.05) is 30.3 Å². The van der Waals surface area contributed by atoms with Gasteiger partial charge in [-0.3, -0.25) is 4.98 Å². The molecule has 2 aromatic rings. The Morgan fingerprint density at radius 1 is 1.29 bits per heavy atom. The molecule has 1 aliphatic carbocycles. The lowest BCUT2D eigenvalue weighted by molar-refractivity contribution is 0.0565. The molecule has 0 bridgehead atoms. The third kappa shape index (κ3) is 3.85. The number of fused-ring (bicyclic) bond motifs is 1. The number of aliphatic hydroxyl groups is 1. The number of nitrogens with one attached hydrogen (secondary N) is 1. The van der Waals surface area contributed by atoms with Crippen LogP contribution in [0.1, 0.15) is 31.2 Å². The number of para-hydroxylation sites is 1. The molecule has 0 aliphatic heterocycles. The molecule has 2 N–H and O–H groups in total. The number of rotatable bonds is 4. The number of aliphatic hydroxyl groups excluding tert-OH is 1. The van der Waals surface area contributed by atoms with Gasteiger partial charge in [0.15, 0.2) is 0 Å². The fourth-order valence-electron chi connectivity index (χ4n) is 3.45. The minimum absolute atomic E-state index is 0.103. The van der Waals surface area contributed by atoms with Gasteiger partial charge in [-0.05, 0) is 30.5 Å². The predicted molar refractivity (Wildman–Crippen MR) is 94.6 cm³/mol. The third-order valence-electron chi connectivity index (χ3n) is 4.89. The standard InChI is InChI=1S/C19H25N3O2/c1-22(13-15-6-2-5-9-18(15)23)19(24)21-12-14-10-11-20-17-8-4-3-7-16(14)17/h3-4,7-8,10-11,15,18,23H,2,5-6,9,12-13H2,1H3,(H,21,24)/t15-,18-/m0/s1. The van der Waals surface area contributed by atoms with Crippen molar-refractivity contribution in [3.8, 4) is 0 Å². The van der Waals surface area contributed by atoms with Gasteiger partial charge in [0.1, 0.15) is 0 Å². The highest BCUT2D eigenvalue weighted by molar-refractivity contribution is 5.82. The third-order valence-corrected chi connectivity index (χ3v) is 4.89. The first-order valence-electron chi connectivity index (χ1n) is 8.65. The fraction of sp³-hybridized carbons (Fsp3) is 0.474. The first kappa shape index (κ1) is 16.7. The van der Waals surface area contributed by atoms with Crippen LogP contribution < -0.4 is 5.32 Å². The van der Waals surface area contributed by atoms with E-state index in [2.05, 4.69) is 10.3 Å². The molecular formula is C19H25N3O2. The minimum atomic E-state index is -0.279. The molecule has 1 heterocycles. The molecule has 0 unspecified atom stereocenters. The molecule has 1 fully saturated rings. The highest BCUT2D eigenvalue weighted by Crippen LogP contribution is 2.25. The molecule has 1 saturated carbocycles. The number of nitrogens with zero attached hydrogens (tertiary/aromatic N) is 2. The zero-order valence-corrected chi connectivity index (χ0v) is 14.1. The maximum atomic E-state index is 12.4. The largest absolute Gasteiger partial charge is 0.393 e. The Kier molecular flexibility index (Phi) is 5.30. The number of benzene rings is 1. The molecule has 2 atom stereocenters. The summed E-state index contributed by atoms with van der Waals surface area (Å²) in [4.78, 5) is 18.4. The Balaban J connectivity index is 1.58. The van der Waals surface area contributed by atoms with Gasteiger partial charge in [-0.25, -0.2) is 4.79 Å². The van der Waals surface area contributed by atoms with Gasteiger partial charge in [0.25, 0.3) is 0 Å². The average molecular weight is 327 g/mol. The van der Waals surface area contributed by atoms with Gasteiger partial charge in [0.2, 0.25) is 0 Å². The lowest BCUT2D eigenvalue weighted by Crippen LogP contribution is -2.42. The van der Waals surface area contributed by atoms with Gasteiger partial charge in [-0.1, -0.05) is 31.0 Å². The van der Waals surface area contributed by atoms with Gasteiger partial charge in [0.05, 0.1) is 11.6 Å². The molecule has 3 rings (SSSR count). The molecule has 1 aromatic heterocycles. The number of pyridine rings is 1. The summed E-state index contributed by atoms with van der Waals surface area (Å²) < 4.78 is 0.